The van der Waals surface area contributed by atoms with Crippen molar-refractivity contribution in [2.45, 2.75) is 6.54 Å². The van der Waals surface area contributed by atoms with Gasteiger partial charge in [0.05, 0.1) is 6.26 Å². The zero-order chi connectivity index (χ0) is 14.7. The maximum absolute atomic E-state index is 11.8. The van der Waals surface area contributed by atoms with Gasteiger partial charge in [-0.3, -0.25) is 4.79 Å². The average molecular weight is 281 g/mol. The van der Waals surface area contributed by atoms with Gasteiger partial charge in [-0.15, -0.1) is 6.58 Å². The van der Waals surface area contributed by atoms with Crippen molar-refractivity contribution in [1.29, 1.82) is 0 Å². The number of hydrogen-bond donors (Lipinski definition) is 1. The number of aromatic nitrogens is 2. The molecule has 1 N–H and O–H groups in total. The normalized spacial score (nSPS) is 10.7. The van der Waals surface area contributed by atoms with Crippen LogP contribution in [0.5, 0.6) is 0 Å². The van der Waals surface area contributed by atoms with Crippen LogP contribution in [0.2, 0.25) is 0 Å². The van der Waals surface area contributed by atoms with Gasteiger partial charge < -0.3 is 14.3 Å². The third-order valence-electron chi connectivity index (χ3n) is 3.12. The minimum atomic E-state index is -0.0741. The second kappa shape index (κ2) is 5.66. The summed E-state index contributed by atoms with van der Waals surface area (Å²) in [4.78, 5) is 16.4. The van der Waals surface area contributed by atoms with E-state index in [0.29, 0.717) is 12.3 Å². The lowest BCUT2D eigenvalue weighted by Gasteiger charge is -2.10. The molecule has 0 unspecified atom stereocenters. The number of nitrogens with one attached hydrogen (secondary N) is 1. The Balaban J connectivity index is 1.90. The Morgan fingerprint density at radius 3 is 3.10 bits per heavy atom. The number of furan rings is 1. The number of hydrogen-bond acceptors (Lipinski definition) is 3. The van der Waals surface area contributed by atoms with Gasteiger partial charge in [0.1, 0.15) is 18.1 Å². The van der Waals surface area contributed by atoms with Crippen molar-refractivity contribution in [2.75, 3.05) is 6.54 Å². The van der Waals surface area contributed by atoms with Crippen LogP contribution in [0.4, 0.5) is 0 Å². The van der Waals surface area contributed by atoms with Crippen LogP contribution in [0.15, 0.2) is 59.9 Å². The molecule has 5 nitrogen and oxygen atoms in total. The van der Waals surface area contributed by atoms with E-state index in [1.807, 2.05) is 41.1 Å². The van der Waals surface area contributed by atoms with Crippen LogP contribution >= 0.6 is 0 Å². The molecule has 0 saturated heterocycles. The van der Waals surface area contributed by atoms with Gasteiger partial charge in [-0.1, -0.05) is 6.08 Å². The predicted molar refractivity (Wildman–Crippen MR) is 79.8 cm³/mol. The van der Waals surface area contributed by atoms with Crippen molar-refractivity contribution < 1.29 is 9.21 Å². The Kier molecular flexibility index (Phi) is 3.55. The third-order valence-corrected chi connectivity index (χ3v) is 3.12. The van der Waals surface area contributed by atoms with E-state index in [4.69, 9.17) is 4.42 Å². The van der Waals surface area contributed by atoms with Gasteiger partial charge in [-0.2, -0.15) is 0 Å². The first-order valence-electron chi connectivity index (χ1n) is 6.65. The molecule has 0 bridgehead atoms. The molecule has 0 fully saturated rings. The SMILES string of the molecule is C=CCNC(=O)Cn1cccc2cc(-c3ccco3)nc1-2. The molecule has 5 heteroatoms. The highest BCUT2D eigenvalue weighted by atomic mass is 16.3. The van der Waals surface area contributed by atoms with Gasteiger partial charge in [-0.25, -0.2) is 4.98 Å². The lowest BCUT2D eigenvalue weighted by molar-refractivity contribution is -0.121. The molecule has 0 radical (unpaired) electrons. The smallest absolute Gasteiger partial charge is 0.240 e. The summed E-state index contributed by atoms with van der Waals surface area (Å²) in [5.41, 5.74) is 1.74. The molecule has 3 rings (SSSR count). The second-order valence-electron chi connectivity index (χ2n) is 4.63. The van der Waals surface area contributed by atoms with Gasteiger partial charge in [0.25, 0.3) is 0 Å². The molecule has 106 valence electrons. The number of amides is 1. The first kappa shape index (κ1) is 13.2. The molecule has 2 aliphatic rings. The van der Waals surface area contributed by atoms with Crippen LogP contribution in [-0.2, 0) is 11.3 Å². The lowest BCUT2D eigenvalue weighted by atomic mass is 10.2. The van der Waals surface area contributed by atoms with Crippen LogP contribution in [0.1, 0.15) is 0 Å². The van der Waals surface area contributed by atoms with Crippen LogP contribution in [-0.4, -0.2) is 22.0 Å². The molecular weight excluding hydrogens is 266 g/mol. The van der Waals surface area contributed by atoms with Gasteiger partial charge in [0, 0.05) is 18.3 Å². The van der Waals surface area contributed by atoms with Gasteiger partial charge >= 0.3 is 0 Å². The summed E-state index contributed by atoms with van der Waals surface area (Å²) >= 11 is 0. The molecule has 3 heterocycles. The first-order valence-corrected chi connectivity index (χ1v) is 6.65. The molecule has 0 spiro atoms. The Hall–Kier alpha value is -2.82. The van der Waals surface area contributed by atoms with Gasteiger partial charge in [0.15, 0.2) is 5.76 Å². The van der Waals surface area contributed by atoms with E-state index in [1.54, 1.807) is 12.3 Å². The van der Waals surface area contributed by atoms with Crippen molar-refractivity contribution >= 4 is 5.91 Å². The van der Waals surface area contributed by atoms with Crippen LogP contribution in [0, 0.1) is 0 Å². The Bertz CT molecular complexity index is 728. The second-order valence-corrected chi connectivity index (χ2v) is 4.63. The van der Waals surface area contributed by atoms with Gasteiger partial charge in [0.2, 0.25) is 5.91 Å². The number of carbonyl (C=O) groups is 1. The van der Waals surface area contributed by atoms with Gasteiger partial charge in [-0.05, 0) is 30.3 Å². The standard InChI is InChI=1S/C16H15N3O2/c1-2-7-17-15(20)11-19-8-3-5-12-10-13(18-16(12)19)14-6-4-9-21-14/h2-6,8-10H,1,7,11H2,(H,17,20). The summed E-state index contributed by atoms with van der Waals surface area (Å²) in [7, 11) is 0. The quantitative estimate of drug-likeness (QED) is 0.731. The highest BCUT2D eigenvalue weighted by Gasteiger charge is 2.15. The summed E-state index contributed by atoms with van der Waals surface area (Å²) in [6.07, 6.45) is 5.11. The zero-order valence-corrected chi connectivity index (χ0v) is 11.5. The highest BCUT2D eigenvalue weighted by molar-refractivity contribution is 5.77. The summed E-state index contributed by atoms with van der Waals surface area (Å²) in [6.45, 7) is 4.26. The molecule has 21 heavy (non-hydrogen) atoms. The third kappa shape index (κ3) is 2.72. The first-order chi connectivity index (χ1) is 10.3. The fourth-order valence-electron chi connectivity index (χ4n) is 2.17. The summed E-state index contributed by atoms with van der Waals surface area (Å²) in [5.74, 6) is 1.40. The van der Waals surface area contributed by atoms with Crippen LogP contribution in [0.25, 0.3) is 22.8 Å². The summed E-state index contributed by atoms with van der Waals surface area (Å²) < 4.78 is 7.18. The van der Waals surface area contributed by atoms with E-state index in [9.17, 15) is 4.79 Å². The van der Waals surface area contributed by atoms with E-state index >= 15 is 0 Å². The molecule has 0 atom stereocenters. The monoisotopic (exact) mass is 281 g/mol. The molecule has 0 saturated carbocycles. The molecule has 2 aliphatic heterocycles. The van der Waals surface area contributed by atoms with Crippen molar-refractivity contribution in [1.82, 2.24) is 14.9 Å². The summed E-state index contributed by atoms with van der Waals surface area (Å²) in [5, 5.41) is 2.76. The van der Waals surface area contributed by atoms with Crippen molar-refractivity contribution in [3.8, 4) is 22.8 Å². The molecule has 1 amide bonds. The molecule has 1 aromatic rings. The number of nitrogens with zero attached hydrogens (tertiary/aromatic N) is 2. The Labute approximate surface area is 122 Å². The largest absolute Gasteiger partial charge is 0.463 e. The maximum atomic E-state index is 11.8. The number of fused-ring (bicyclic) bond motifs is 1. The number of rotatable bonds is 5. The van der Waals surface area contributed by atoms with Crippen LogP contribution < -0.4 is 5.32 Å². The maximum Gasteiger partial charge on any atom is 0.240 e. The van der Waals surface area contributed by atoms with Crippen molar-refractivity contribution in [3.05, 3.63) is 55.4 Å². The van der Waals surface area contributed by atoms with E-state index in [0.717, 1.165) is 17.1 Å². The molecule has 0 aromatic carbocycles. The average Bonchev–Trinajstić information content (AvgIpc) is 3.13. The fraction of sp³-hybridized carbons (Fsp3) is 0.125. The van der Waals surface area contributed by atoms with Crippen LogP contribution in [0.3, 0.4) is 0 Å². The topological polar surface area (TPSA) is 60.1 Å². The highest BCUT2D eigenvalue weighted by Crippen LogP contribution is 2.28. The van der Waals surface area contributed by atoms with E-state index in [-0.39, 0.29) is 12.5 Å². The Morgan fingerprint density at radius 2 is 2.33 bits per heavy atom. The fourth-order valence-corrected chi connectivity index (χ4v) is 2.17. The van der Waals surface area contributed by atoms with E-state index in [1.165, 1.54) is 0 Å². The predicted octanol–water partition coefficient (Wildman–Crippen LogP) is 2.55. The molecular formula is C16H15N3O2. The van der Waals surface area contributed by atoms with E-state index in [2.05, 4.69) is 16.9 Å². The summed E-state index contributed by atoms with van der Waals surface area (Å²) in [6, 6.07) is 9.50. The number of carbonyl (C=O) groups excluding carboxylic acids is 1. The van der Waals surface area contributed by atoms with Crippen molar-refractivity contribution in [3.63, 3.8) is 0 Å². The van der Waals surface area contributed by atoms with E-state index < -0.39 is 0 Å². The number of pyridine rings is 1. The minimum absolute atomic E-state index is 0.0741. The Morgan fingerprint density at radius 1 is 1.43 bits per heavy atom. The lowest BCUT2D eigenvalue weighted by Crippen LogP contribution is -2.28. The zero-order valence-electron chi connectivity index (χ0n) is 11.5. The minimum Gasteiger partial charge on any atom is -0.463 e. The van der Waals surface area contributed by atoms with Crippen molar-refractivity contribution in [2.24, 2.45) is 0 Å². The molecule has 0 aliphatic carbocycles. The molecule has 1 aromatic heterocycles.